The Balaban J connectivity index is 2.23. The van der Waals surface area contributed by atoms with E-state index < -0.39 is 5.97 Å². The van der Waals surface area contributed by atoms with Gasteiger partial charge in [0.15, 0.2) is 17.3 Å². The number of carbonyl (C=O) groups excluding carboxylic acids is 1. The lowest BCUT2D eigenvalue weighted by molar-refractivity contribution is 0.0697. The quantitative estimate of drug-likeness (QED) is 0.874. The minimum absolute atomic E-state index is 0.00539. The molecule has 3 rings (SSSR count). The van der Waals surface area contributed by atoms with Crippen molar-refractivity contribution in [1.82, 2.24) is 0 Å². The zero-order valence-corrected chi connectivity index (χ0v) is 11.2. The van der Waals surface area contributed by atoms with Gasteiger partial charge in [-0.1, -0.05) is 0 Å². The highest BCUT2D eigenvalue weighted by molar-refractivity contribution is 6.04. The number of hydrogen-bond donors (Lipinski definition) is 1. The first-order valence-electron chi connectivity index (χ1n) is 6.33. The van der Waals surface area contributed by atoms with E-state index in [1.807, 2.05) is 0 Å². The van der Waals surface area contributed by atoms with Gasteiger partial charge in [-0.05, 0) is 25.1 Å². The van der Waals surface area contributed by atoms with Crippen LogP contribution < -0.4 is 9.47 Å². The highest BCUT2D eigenvalue weighted by Gasteiger charge is 2.24. The molecule has 0 aliphatic carbocycles. The predicted molar refractivity (Wildman–Crippen MR) is 72.1 cm³/mol. The van der Waals surface area contributed by atoms with Crippen LogP contribution in [-0.4, -0.2) is 30.1 Å². The number of carboxylic acids is 1. The summed E-state index contributed by atoms with van der Waals surface area (Å²) in [6, 6.07) is 4.48. The van der Waals surface area contributed by atoms with E-state index in [1.54, 1.807) is 12.1 Å². The number of carbonyl (C=O) groups is 2. The molecule has 6 nitrogen and oxygen atoms in total. The van der Waals surface area contributed by atoms with Gasteiger partial charge in [0.2, 0.25) is 0 Å². The van der Waals surface area contributed by atoms with Crippen molar-refractivity contribution in [2.75, 3.05) is 13.2 Å². The molecular formula is C15H12O6. The molecular weight excluding hydrogens is 276 g/mol. The Labute approximate surface area is 119 Å². The maximum atomic E-state index is 11.8. The normalized spacial score (nSPS) is 13.0. The van der Waals surface area contributed by atoms with Crippen molar-refractivity contribution < 1.29 is 28.6 Å². The number of fused-ring (bicyclic) bond motifs is 1. The van der Waals surface area contributed by atoms with Gasteiger partial charge in [0.05, 0.1) is 6.26 Å². The van der Waals surface area contributed by atoms with Crippen LogP contribution in [0, 0.1) is 0 Å². The van der Waals surface area contributed by atoms with Gasteiger partial charge in [0, 0.05) is 11.1 Å². The highest BCUT2D eigenvalue weighted by Crippen LogP contribution is 2.39. The van der Waals surface area contributed by atoms with Crippen LogP contribution in [-0.2, 0) is 0 Å². The molecule has 0 unspecified atom stereocenters. The van der Waals surface area contributed by atoms with E-state index in [2.05, 4.69) is 0 Å². The lowest BCUT2D eigenvalue weighted by atomic mass is 9.98. The number of aromatic carboxylic acids is 1. The summed E-state index contributed by atoms with van der Waals surface area (Å²) in [6.07, 6.45) is 1.28. The smallest absolute Gasteiger partial charge is 0.339 e. The number of benzene rings is 1. The standard InChI is InChI=1S/C15H12O6/c1-8(16)10-6-12-13(20-5-4-19-12)7-11(10)14-9(15(17)18)2-3-21-14/h2-3,6-7H,4-5H2,1H3,(H,17,18). The fourth-order valence-electron chi connectivity index (χ4n) is 2.25. The third-order valence-corrected chi connectivity index (χ3v) is 3.20. The predicted octanol–water partition coefficient (Wildman–Crippen LogP) is 2.62. The largest absolute Gasteiger partial charge is 0.486 e. The molecule has 21 heavy (non-hydrogen) atoms. The molecule has 0 saturated heterocycles. The molecule has 0 saturated carbocycles. The molecule has 1 aliphatic heterocycles. The molecule has 1 aromatic carbocycles. The Bertz CT molecular complexity index is 728. The van der Waals surface area contributed by atoms with E-state index >= 15 is 0 Å². The number of furan rings is 1. The number of Topliss-reactive ketones (excluding diaryl/α,β-unsaturated/α-hetero) is 1. The number of ketones is 1. The summed E-state index contributed by atoms with van der Waals surface area (Å²) in [5, 5.41) is 9.18. The topological polar surface area (TPSA) is 86.0 Å². The zero-order valence-electron chi connectivity index (χ0n) is 11.2. The molecule has 108 valence electrons. The molecule has 0 spiro atoms. The van der Waals surface area contributed by atoms with Crippen LogP contribution in [0.4, 0.5) is 0 Å². The van der Waals surface area contributed by atoms with Gasteiger partial charge in [-0.15, -0.1) is 0 Å². The third kappa shape index (κ3) is 2.24. The second-order valence-corrected chi connectivity index (χ2v) is 4.57. The molecule has 1 N–H and O–H groups in total. The summed E-state index contributed by atoms with van der Waals surface area (Å²) in [6.45, 7) is 2.21. The van der Waals surface area contributed by atoms with Gasteiger partial charge in [0.25, 0.3) is 0 Å². The number of rotatable bonds is 3. The van der Waals surface area contributed by atoms with E-state index in [-0.39, 0.29) is 17.1 Å². The van der Waals surface area contributed by atoms with Crippen molar-refractivity contribution >= 4 is 11.8 Å². The van der Waals surface area contributed by atoms with Gasteiger partial charge in [-0.25, -0.2) is 4.79 Å². The Morgan fingerprint density at radius 2 is 1.76 bits per heavy atom. The van der Waals surface area contributed by atoms with Gasteiger partial charge >= 0.3 is 5.97 Å². The summed E-state index contributed by atoms with van der Waals surface area (Å²) in [7, 11) is 0. The second kappa shape index (κ2) is 4.97. The lowest BCUT2D eigenvalue weighted by Crippen LogP contribution is -2.16. The highest BCUT2D eigenvalue weighted by atomic mass is 16.6. The molecule has 0 fully saturated rings. The summed E-state index contributed by atoms with van der Waals surface area (Å²) >= 11 is 0. The Hall–Kier alpha value is -2.76. The Kier molecular flexibility index (Phi) is 3.13. The second-order valence-electron chi connectivity index (χ2n) is 4.57. The lowest BCUT2D eigenvalue weighted by Gasteiger charge is -2.20. The Morgan fingerprint density at radius 3 is 2.38 bits per heavy atom. The van der Waals surface area contributed by atoms with Gasteiger partial charge in [-0.2, -0.15) is 0 Å². The third-order valence-electron chi connectivity index (χ3n) is 3.20. The van der Waals surface area contributed by atoms with E-state index in [0.29, 0.717) is 35.8 Å². The van der Waals surface area contributed by atoms with E-state index in [4.69, 9.17) is 13.9 Å². The number of carboxylic acid groups (broad SMARTS) is 1. The average Bonchev–Trinajstić information content (AvgIpc) is 2.95. The number of hydrogen-bond acceptors (Lipinski definition) is 5. The first-order chi connectivity index (χ1) is 10.1. The first-order valence-corrected chi connectivity index (χ1v) is 6.33. The average molecular weight is 288 g/mol. The molecule has 0 bridgehead atoms. The minimum Gasteiger partial charge on any atom is -0.486 e. The van der Waals surface area contributed by atoms with Crippen molar-refractivity contribution in [2.24, 2.45) is 0 Å². The first kappa shape index (κ1) is 13.2. The van der Waals surface area contributed by atoms with E-state index in [9.17, 15) is 14.7 Å². The molecule has 2 heterocycles. The minimum atomic E-state index is -1.12. The van der Waals surface area contributed by atoms with Crippen LogP contribution in [0.5, 0.6) is 11.5 Å². The number of ether oxygens (including phenoxy) is 2. The van der Waals surface area contributed by atoms with Crippen molar-refractivity contribution in [1.29, 1.82) is 0 Å². The van der Waals surface area contributed by atoms with Crippen molar-refractivity contribution in [2.45, 2.75) is 6.92 Å². The monoisotopic (exact) mass is 288 g/mol. The van der Waals surface area contributed by atoms with E-state index in [1.165, 1.54) is 19.3 Å². The maximum absolute atomic E-state index is 11.8. The molecule has 0 atom stereocenters. The van der Waals surface area contributed by atoms with Crippen LogP contribution in [0.25, 0.3) is 11.3 Å². The van der Waals surface area contributed by atoms with Crippen LogP contribution in [0.2, 0.25) is 0 Å². The molecule has 6 heteroatoms. The fourth-order valence-corrected chi connectivity index (χ4v) is 2.25. The van der Waals surface area contributed by atoms with Crippen LogP contribution in [0.3, 0.4) is 0 Å². The fraction of sp³-hybridized carbons (Fsp3) is 0.200. The molecule has 1 aliphatic rings. The Morgan fingerprint density at radius 1 is 1.10 bits per heavy atom. The van der Waals surface area contributed by atoms with Crippen molar-refractivity contribution in [3.05, 3.63) is 35.6 Å². The molecule has 1 aromatic heterocycles. The van der Waals surface area contributed by atoms with Crippen molar-refractivity contribution in [3.8, 4) is 22.8 Å². The van der Waals surface area contributed by atoms with Crippen LogP contribution >= 0.6 is 0 Å². The zero-order chi connectivity index (χ0) is 15.0. The summed E-state index contributed by atoms with van der Waals surface area (Å²) in [5.41, 5.74) is 0.708. The molecule has 0 amide bonds. The van der Waals surface area contributed by atoms with Gasteiger partial charge < -0.3 is 19.0 Å². The van der Waals surface area contributed by atoms with Crippen LogP contribution in [0.15, 0.2) is 28.9 Å². The van der Waals surface area contributed by atoms with E-state index in [0.717, 1.165) is 0 Å². The summed E-state index contributed by atoms with van der Waals surface area (Å²) < 4.78 is 16.2. The maximum Gasteiger partial charge on any atom is 0.339 e. The summed E-state index contributed by atoms with van der Waals surface area (Å²) in [4.78, 5) is 23.1. The SMILES string of the molecule is CC(=O)c1cc2c(cc1-c1occc1C(=O)O)OCCO2. The van der Waals surface area contributed by atoms with Crippen LogP contribution in [0.1, 0.15) is 27.6 Å². The van der Waals surface area contributed by atoms with Gasteiger partial charge in [0.1, 0.15) is 24.5 Å². The summed E-state index contributed by atoms with van der Waals surface area (Å²) in [5.74, 6) is -0.268. The van der Waals surface area contributed by atoms with Crippen molar-refractivity contribution in [3.63, 3.8) is 0 Å². The molecule has 0 radical (unpaired) electrons. The molecule has 2 aromatic rings. The van der Waals surface area contributed by atoms with Gasteiger partial charge in [-0.3, -0.25) is 4.79 Å².